The number of benzene rings is 1. The first kappa shape index (κ1) is 16.0. The van der Waals surface area contributed by atoms with Crippen LogP contribution in [0.4, 0.5) is 0 Å². The number of amides is 1. The first-order valence-corrected chi connectivity index (χ1v) is 8.55. The van der Waals surface area contributed by atoms with Crippen molar-refractivity contribution < 1.29 is 9.53 Å². The van der Waals surface area contributed by atoms with Crippen LogP contribution in [0.15, 0.2) is 34.2 Å². The normalized spacial score (nSPS) is 17.0. The van der Waals surface area contributed by atoms with Crippen LogP contribution >= 0.6 is 11.8 Å². The van der Waals surface area contributed by atoms with Crippen molar-refractivity contribution in [3.05, 3.63) is 34.6 Å². The number of ether oxygens (including phenoxy) is 1. The average molecular weight is 333 g/mol. The first-order valence-electron chi connectivity index (χ1n) is 7.67. The van der Waals surface area contributed by atoms with E-state index in [0.717, 1.165) is 6.42 Å². The van der Waals surface area contributed by atoms with Crippen molar-refractivity contribution in [1.29, 1.82) is 0 Å². The maximum Gasteiger partial charge on any atom is 0.259 e. The summed E-state index contributed by atoms with van der Waals surface area (Å²) in [6.45, 7) is 4.45. The Hall–Kier alpha value is -1.86. The molecule has 3 rings (SSSR count). The molecule has 0 aliphatic carbocycles. The van der Waals surface area contributed by atoms with Gasteiger partial charge in [-0.05, 0) is 25.5 Å². The van der Waals surface area contributed by atoms with Gasteiger partial charge in [-0.2, -0.15) is 0 Å². The molecule has 2 heterocycles. The molecular weight excluding hydrogens is 314 g/mol. The third-order valence-corrected chi connectivity index (χ3v) is 4.73. The van der Waals surface area contributed by atoms with Gasteiger partial charge in [0, 0.05) is 19.7 Å². The lowest BCUT2D eigenvalue weighted by atomic mass is 10.2. The smallest absolute Gasteiger partial charge is 0.259 e. The number of thioether (sulfide) groups is 1. The Morgan fingerprint density at radius 1 is 1.35 bits per heavy atom. The van der Waals surface area contributed by atoms with Crippen molar-refractivity contribution in [2.45, 2.75) is 23.8 Å². The number of aromatic amines is 1. The first-order chi connectivity index (χ1) is 11.1. The molecule has 7 heteroatoms. The fourth-order valence-corrected chi connectivity index (χ4v) is 3.45. The minimum Gasteiger partial charge on any atom is -0.380 e. The maximum absolute atomic E-state index is 12.5. The zero-order valence-electron chi connectivity index (χ0n) is 12.9. The number of nitrogens with zero attached hydrogens (tertiary/aromatic N) is 2. The number of para-hydroxylation sites is 1. The average Bonchev–Trinajstić information content (AvgIpc) is 2.83. The van der Waals surface area contributed by atoms with Gasteiger partial charge in [0.25, 0.3) is 5.56 Å². The fourth-order valence-electron chi connectivity index (χ4n) is 2.56. The second kappa shape index (κ2) is 7.14. The Morgan fingerprint density at radius 3 is 3.04 bits per heavy atom. The van der Waals surface area contributed by atoms with Gasteiger partial charge in [-0.3, -0.25) is 9.59 Å². The molecule has 122 valence electrons. The van der Waals surface area contributed by atoms with Gasteiger partial charge in [0.1, 0.15) is 0 Å². The van der Waals surface area contributed by atoms with E-state index in [-0.39, 0.29) is 16.7 Å². The number of nitrogens with one attached hydrogen (secondary N) is 1. The lowest BCUT2D eigenvalue weighted by Gasteiger charge is -2.22. The molecule has 1 aliphatic rings. The number of rotatable bonds is 3. The number of aromatic nitrogens is 2. The predicted molar refractivity (Wildman–Crippen MR) is 89.7 cm³/mol. The number of H-pyrrole nitrogens is 1. The second-order valence-electron chi connectivity index (χ2n) is 5.44. The van der Waals surface area contributed by atoms with Gasteiger partial charge in [-0.15, -0.1) is 0 Å². The van der Waals surface area contributed by atoms with Gasteiger partial charge in [0.15, 0.2) is 5.16 Å². The van der Waals surface area contributed by atoms with Crippen LogP contribution in [0.2, 0.25) is 0 Å². The van der Waals surface area contributed by atoms with Crippen LogP contribution in [0.1, 0.15) is 13.3 Å². The van der Waals surface area contributed by atoms with Gasteiger partial charge in [-0.1, -0.05) is 23.9 Å². The zero-order chi connectivity index (χ0) is 16.2. The molecule has 1 aromatic carbocycles. The number of fused-ring (bicyclic) bond motifs is 1. The van der Waals surface area contributed by atoms with Gasteiger partial charge in [-0.25, -0.2) is 4.98 Å². The topological polar surface area (TPSA) is 75.3 Å². The molecule has 0 saturated carbocycles. The van der Waals surface area contributed by atoms with Crippen molar-refractivity contribution in [3.8, 4) is 0 Å². The van der Waals surface area contributed by atoms with Gasteiger partial charge >= 0.3 is 0 Å². The number of carbonyl (C=O) groups is 1. The third kappa shape index (κ3) is 3.73. The fraction of sp³-hybridized carbons (Fsp3) is 0.438. The van der Waals surface area contributed by atoms with Crippen molar-refractivity contribution in [3.63, 3.8) is 0 Å². The third-order valence-electron chi connectivity index (χ3n) is 3.76. The summed E-state index contributed by atoms with van der Waals surface area (Å²) in [4.78, 5) is 33.6. The molecular formula is C16H19N3O3S. The molecule has 23 heavy (non-hydrogen) atoms. The van der Waals surface area contributed by atoms with Crippen LogP contribution < -0.4 is 5.56 Å². The van der Waals surface area contributed by atoms with Crippen LogP contribution in [0.5, 0.6) is 0 Å². The van der Waals surface area contributed by atoms with E-state index in [0.29, 0.717) is 42.4 Å². The molecule has 0 unspecified atom stereocenters. The Morgan fingerprint density at radius 2 is 2.17 bits per heavy atom. The minimum absolute atomic E-state index is 0.0521. The molecule has 1 aliphatic heterocycles. The molecule has 1 N–H and O–H groups in total. The molecule has 1 aromatic heterocycles. The van der Waals surface area contributed by atoms with Gasteiger partial charge in [0.2, 0.25) is 5.91 Å². The molecule has 6 nitrogen and oxygen atoms in total. The largest absolute Gasteiger partial charge is 0.380 e. The Bertz CT molecular complexity index is 754. The zero-order valence-corrected chi connectivity index (χ0v) is 13.8. The van der Waals surface area contributed by atoms with Gasteiger partial charge < -0.3 is 14.6 Å². The van der Waals surface area contributed by atoms with Crippen molar-refractivity contribution >= 4 is 28.6 Å². The van der Waals surface area contributed by atoms with E-state index in [9.17, 15) is 9.59 Å². The highest BCUT2D eigenvalue weighted by molar-refractivity contribution is 8.00. The van der Waals surface area contributed by atoms with Crippen LogP contribution in [0.3, 0.4) is 0 Å². The summed E-state index contributed by atoms with van der Waals surface area (Å²) in [5, 5.41) is 0.721. The summed E-state index contributed by atoms with van der Waals surface area (Å²) in [6.07, 6.45) is 0.855. The molecule has 1 saturated heterocycles. The van der Waals surface area contributed by atoms with Crippen LogP contribution in [0.25, 0.3) is 10.9 Å². The predicted octanol–water partition coefficient (Wildman–Crippen LogP) is 1.65. The molecule has 0 spiro atoms. The minimum atomic E-state index is -0.308. The van der Waals surface area contributed by atoms with Gasteiger partial charge in [0.05, 0.1) is 22.8 Å². The highest BCUT2D eigenvalue weighted by Gasteiger charge is 2.23. The lowest BCUT2D eigenvalue weighted by molar-refractivity contribution is -0.130. The molecule has 1 amide bonds. The van der Waals surface area contributed by atoms with Crippen molar-refractivity contribution in [2.24, 2.45) is 0 Å². The summed E-state index contributed by atoms with van der Waals surface area (Å²) >= 11 is 1.28. The SMILES string of the molecule is C[C@H](Sc1nc2ccccc2c(=O)[nH]1)C(=O)N1CCCOCC1. The van der Waals surface area contributed by atoms with E-state index in [4.69, 9.17) is 4.74 Å². The Balaban J connectivity index is 1.75. The lowest BCUT2D eigenvalue weighted by Crippen LogP contribution is -2.38. The van der Waals surface area contributed by atoms with E-state index >= 15 is 0 Å². The van der Waals surface area contributed by atoms with Crippen molar-refractivity contribution in [2.75, 3.05) is 26.3 Å². The van der Waals surface area contributed by atoms with E-state index in [1.807, 2.05) is 17.9 Å². The van der Waals surface area contributed by atoms with Crippen LogP contribution in [-0.2, 0) is 9.53 Å². The number of carbonyl (C=O) groups excluding carboxylic acids is 1. The Labute approximate surface area is 138 Å². The standard InChI is InChI=1S/C16H19N3O3S/c1-11(15(21)19-7-4-9-22-10-8-19)23-16-17-13-6-3-2-5-12(13)14(20)18-16/h2-3,5-6,11H,4,7-10H2,1H3,(H,17,18,20)/t11-/m0/s1. The Kier molecular flexibility index (Phi) is 4.97. The number of hydrogen-bond donors (Lipinski definition) is 1. The van der Waals surface area contributed by atoms with E-state index in [1.54, 1.807) is 18.2 Å². The highest BCUT2D eigenvalue weighted by Crippen LogP contribution is 2.22. The highest BCUT2D eigenvalue weighted by atomic mass is 32.2. The molecule has 1 atom stereocenters. The maximum atomic E-state index is 12.5. The van der Waals surface area contributed by atoms with Crippen LogP contribution in [-0.4, -0.2) is 52.3 Å². The van der Waals surface area contributed by atoms with Crippen molar-refractivity contribution in [1.82, 2.24) is 14.9 Å². The molecule has 0 radical (unpaired) electrons. The summed E-state index contributed by atoms with van der Waals surface area (Å²) in [6, 6.07) is 7.18. The second-order valence-corrected chi connectivity index (χ2v) is 6.77. The summed E-state index contributed by atoms with van der Waals surface area (Å²) in [5.41, 5.74) is 0.461. The summed E-state index contributed by atoms with van der Waals surface area (Å²) in [7, 11) is 0. The molecule has 1 fully saturated rings. The van der Waals surface area contributed by atoms with E-state index in [2.05, 4.69) is 9.97 Å². The summed E-state index contributed by atoms with van der Waals surface area (Å²) < 4.78 is 5.38. The monoisotopic (exact) mass is 333 g/mol. The summed E-state index contributed by atoms with van der Waals surface area (Å²) in [5.74, 6) is 0.0521. The number of hydrogen-bond acceptors (Lipinski definition) is 5. The molecule has 2 aromatic rings. The van der Waals surface area contributed by atoms with E-state index < -0.39 is 0 Å². The van der Waals surface area contributed by atoms with E-state index in [1.165, 1.54) is 11.8 Å². The van der Waals surface area contributed by atoms with Crippen LogP contribution in [0, 0.1) is 0 Å². The molecule has 0 bridgehead atoms. The quantitative estimate of drug-likeness (QED) is 0.683.